The SMILES string of the molecule is CC[C@H](C)[C@@H]([C@@H](CC(=O)N1CCC[C@H]1[C@H](OC)[C@@H](C)C(=O)N[C@H](C)[C@@H](O)c1ccccc1)OC)N(C)C(=O)[C@@H](NC(=O)[C@H](C(C)C)N(C)C(=O)O[C@H]1CCC[C@@H]1SSc1ccccn1)C(C)C. The molecule has 1 saturated heterocycles. The fourth-order valence-electron chi connectivity index (χ4n) is 9.55. The standard InChI is InChI=1S/C50H78N6O9S2/c1-13-32(6)44(38(63-11)29-41(57)56-28-20-23-36(56)46(64-12)33(7)47(59)52-34(8)45(58)35-21-15-14-16-22-35)54(9)49(61)42(30(2)3)53-48(60)43(31(4)5)55(10)50(62)65-37-24-19-25-39(37)66-67-40-26-17-18-27-51-40/h14-18,21-22,26-27,30-34,36-39,42-46,58H,13,19-20,23-25,28-29H2,1-12H3,(H,52,59)(H,53,60)/t32-,33+,34+,36-,37-,38+,39-,42-,43-,44-,45+,46+/m0/s1. The number of methoxy groups -OCH3 is 2. The zero-order chi connectivity index (χ0) is 49.5. The number of nitrogens with one attached hydrogen (secondary N) is 2. The first-order valence-corrected chi connectivity index (χ1v) is 26.2. The Bertz CT molecular complexity index is 1880. The molecule has 67 heavy (non-hydrogen) atoms. The largest absolute Gasteiger partial charge is 0.445 e. The van der Waals surface area contributed by atoms with Gasteiger partial charge in [-0.3, -0.25) is 24.1 Å². The fraction of sp³-hybridized carbons (Fsp3) is 0.680. The van der Waals surface area contributed by atoms with E-state index in [2.05, 4.69) is 15.6 Å². The molecular weight excluding hydrogens is 893 g/mol. The van der Waals surface area contributed by atoms with Crippen LogP contribution in [0.1, 0.15) is 112 Å². The van der Waals surface area contributed by atoms with Crippen molar-refractivity contribution in [1.29, 1.82) is 0 Å². The summed E-state index contributed by atoms with van der Waals surface area (Å²) in [5.74, 6) is -2.63. The number of hydrogen-bond acceptors (Lipinski definition) is 12. The van der Waals surface area contributed by atoms with Crippen LogP contribution >= 0.6 is 21.6 Å². The number of hydrogen-bond donors (Lipinski definition) is 3. The Morgan fingerprint density at radius 2 is 1.54 bits per heavy atom. The number of pyridine rings is 1. The third kappa shape index (κ3) is 14.8. The van der Waals surface area contributed by atoms with Crippen molar-refractivity contribution in [3.8, 4) is 0 Å². The molecule has 2 heterocycles. The van der Waals surface area contributed by atoms with Crippen LogP contribution in [0.25, 0.3) is 0 Å². The van der Waals surface area contributed by atoms with E-state index in [0.717, 1.165) is 30.7 Å². The summed E-state index contributed by atoms with van der Waals surface area (Å²) in [5, 5.41) is 17.8. The molecule has 1 aromatic heterocycles. The molecule has 5 amide bonds. The summed E-state index contributed by atoms with van der Waals surface area (Å²) in [6, 6.07) is 11.5. The van der Waals surface area contributed by atoms with Crippen LogP contribution in [0.5, 0.6) is 0 Å². The number of aromatic nitrogens is 1. The van der Waals surface area contributed by atoms with E-state index in [0.29, 0.717) is 24.9 Å². The van der Waals surface area contributed by atoms with Gasteiger partial charge in [0, 0.05) is 41.1 Å². The van der Waals surface area contributed by atoms with Crippen LogP contribution in [-0.4, -0.2) is 143 Å². The van der Waals surface area contributed by atoms with Gasteiger partial charge in [-0.2, -0.15) is 0 Å². The molecule has 0 radical (unpaired) electrons. The topological polar surface area (TPSA) is 180 Å². The average Bonchev–Trinajstić information content (AvgIpc) is 3.99. The van der Waals surface area contributed by atoms with Crippen LogP contribution in [0.4, 0.5) is 4.79 Å². The van der Waals surface area contributed by atoms with Crippen LogP contribution in [0.2, 0.25) is 0 Å². The summed E-state index contributed by atoms with van der Waals surface area (Å²) >= 11 is 0. The molecule has 2 fully saturated rings. The highest BCUT2D eigenvalue weighted by Crippen LogP contribution is 2.42. The van der Waals surface area contributed by atoms with Gasteiger partial charge in [-0.15, -0.1) is 0 Å². The number of rotatable bonds is 24. The second-order valence-corrected chi connectivity index (χ2v) is 21.5. The maximum absolute atomic E-state index is 14.7. The van der Waals surface area contributed by atoms with Crippen LogP contribution < -0.4 is 10.6 Å². The summed E-state index contributed by atoms with van der Waals surface area (Å²) in [5.41, 5.74) is 0.695. The molecule has 12 atom stereocenters. The number of nitrogens with zero attached hydrogens (tertiary/aromatic N) is 4. The lowest BCUT2D eigenvalue weighted by Gasteiger charge is -2.41. The first-order valence-electron chi connectivity index (χ1n) is 24.0. The van der Waals surface area contributed by atoms with Gasteiger partial charge in [0.05, 0.1) is 54.0 Å². The van der Waals surface area contributed by atoms with Crippen molar-refractivity contribution in [2.75, 3.05) is 34.9 Å². The number of amides is 5. The Hall–Kier alpha value is -3.90. The molecule has 2 aromatic rings. The Morgan fingerprint density at radius 1 is 0.851 bits per heavy atom. The van der Waals surface area contributed by atoms with Crippen molar-refractivity contribution in [3.05, 3.63) is 60.3 Å². The molecule has 17 heteroatoms. The summed E-state index contributed by atoms with van der Waals surface area (Å²) in [6.07, 6.45) is 3.20. The summed E-state index contributed by atoms with van der Waals surface area (Å²) in [6.45, 7) is 15.5. The number of likely N-dealkylation sites (N-methyl/N-ethyl adjacent to an activating group) is 2. The Kier molecular flexibility index (Phi) is 22.2. The molecular formula is C50H78N6O9S2. The lowest BCUT2D eigenvalue weighted by molar-refractivity contribution is -0.148. The highest BCUT2D eigenvalue weighted by atomic mass is 33.1. The van der Waals surface area contributed by atoms with Crippen molar-refractivity contribution >= 4 is 51.3 Å². The number of likely N-dealkylation sites (tertiary alicyclic amines) is 1. The third-order valence-electron chi connectivity index (χ3n) is 13.6. The predicted molar refractivity (Wildman–Crippen MR) is 264 cm³/mol. The van der Waals surface area contributed by atoms with Crippen LogP contribution in [0, 0.1) is 23.7 Å². The lowest BCUT2D eigenvalue weighted by atomic mass is 9.89. The Labute approximate surface area is 407 Å². The van der Waals surface area contributed by atoms with Crippen LogP contribution in [-0.2, 0) is 33.4 Å². The molecule has 374 valence electrons. The van der Waals surface area contributed by atoms with Gasteiger partial charge in [0.1, 0.15) is 23.2 Å². The van der Waals surface area contributed by atoms with E-state index in [1.807, 2.05) is 90.1 Å². The van der Waals surface area contributed by atoms with E-state index in [4.69, 9.17) is 14.2 Å². The van der Waals surface area contributed by atoms with E-state index < -0.39 is 60.4 Å². The lowest BCUT2D eigenvalue weighted by Crippen LogP contribution is -2.60. The Morgan fingerprint density at radius 3 is 2.13 bits per heavy atom. The number of benzene rings is 1. The van der Waals surface area contributed by atoms with Gasteiger partial charge >= 0.3 is 6.09 Å². The molecule has 0 spiro atoms. The number of carbonyl (C=O) groups excluding carboxylic acids is 5. The van der Waals surface area contributed by atoms with Gasteiger partial charge in [0.15, 0.2) is 0 Å². The van der Waals surface area contributed by atoms with E-state index in [1.165, 1.54) is 12.0 Å². The third-order valence-corrected chi connectivity index (χ3v) is 16.5. The highest BCUT2D eigenvalue weighted by molar-refractivity contribution is 8.76. The van der Waals surface area contributed by atoms with Crippen molar-refractivity contribution in [2.24, 2.45) is 23.7 Å². The van der Waals surface area contributed by atoms with Crippen LogP contribution in [0.3, 0.4) is 0 Å². The predicted octanol–water partition coefficient (Wildman–Crippen LogP) is 7.14. The van der Waals surface area contributed by atoms with Crippen molar-refractivity contribution in [3.63, 3.8) is 0 Å². The van der Waals surface area contributed by atoms with Crippen LogP contribution in [0.15, 0.2) is 59.8 Å². The van der Waals surface area contributed by atoms with Gasteiger partial charge < -0.3 is 39.8 Å². The van der Waals surface area contributed by atoms with Crippen molar-refractivity contribution in [1.82, 2.24) is 30.3 Å². The first kappa shape index (κ1) is 55.7. The second kappa shape index (κ2) is 26.7. The maximum atomic E-state index is 14.7. The average molecular weight is 971 g/mol. The Balaban J connectivity index is 1.43. The van der Waals surface area contributed by atoms with Gasteiger partial charge in [-0.1, -0.05) is 102 Å². The minimum atomic E-state index is -0.947. The zero-order valence-corrected chi connectivity index (χ0v) is 43.4. The molecule has 0 unspecified atom stereocenters. The molecule has 15 nitrogen and oxygen atoms in total. The van der Waals surface area contributed by atoms with Crippen molar-refractivity contribution < 1.29 is 43.3 Å². The van der Waals surface area contributed by atoms with Gasteiger partial charge in [0.25, 0.3) is 0 Å². The fourth-order valence-corrected chi connectivity index (χ4v) is 12.2. The number of carbonyl (C=O) groups is 5. The van der Waals surface area contributed by atoms with E-state index in [9.17, 15) is 29.1 Å². The minimum absolute atomic E-state index is 0.0276. The molecule has 1 saturated carbocycles. The number of ether oxygens (including phenoxy) is 3. The summed E-state index contributed by atoms with van der Waals surface area (Å²) in [4.78, 5) is 79.7. The highest BCUT2D eigenvalue weighted by Gasteiger charge is 2.44. The van der Waals surface area contributed by atoms with E-state index in [-0.39, 0.29) is 59.3 Å². The van der Waals surface area contributed by atoms with Gasteiger partial charge in [0.2, 0.25) is 23.6 Å². The van der Waals surface area contributed by atoms with Gasteiger partial charge in [-0.05, 0) is 85.3 Å². The summed E-state index contributed by atoms with van der Waals surface area (Å²) < 4.78 is 18.1. The van der Waals surface area contributed by atoms with Gasteiger partial charge in [-0.25, -0.2) is 9.78 Å². The number of aliphatic hydroxyl groups is 1. The second-order valence-electron chi connectivity index (χ2n) is 19.0. The summed E-state index contributed by atoms with van der Waals surface area (Å²) in [7, 11) is 9.55. The smallest absolute Gasteiger partial charge is 0.410 e. The molecule has 3 N–H and O–H groups in total. The molecule has 1 aliphatic carbocycles. The zero-order valence-electron chi connectivity index (χ0n) is 41.8. The molecule has 2 aliphatic rings. The monoisotopic (exact) mass is 971 g/mol. The van der Waals surface area contributed by atoms with E-state index >= 15 is 0 Å². The van der Waals surface area contributed by atoms with Crippen molar-refractivity contribution in [2.45, 2.75) is 165 Å². The number of aliphatic hydroxyl groups excluding tert-OH is 1. The molecule has 1 aliphatic heterocycles. The maximum Gasteiger partial charge on any atom is 0.410 e. The molecule has 4 rings (SSSR count). The molecule has 0 bridgehead atoms. The molecule has 1 aromatic carbocycles. The minimum Gasteiger partial charge on any atom is -0.445 e. The van der Waals surface area contributed by atoms with E-state index in [1.54, 1.807) is 72.6 Å². The normalized spacial score (nSPS) is 21.4. The quantitative estimate of drug-likeness (QED) is 0.0908. The first-order chi connectivity index (χ1) is 31.9.